The van der Waals surface area contributed by atoms with Crippen LogP contribution < -0.4 is 0 Å². The zero-order valence-corrected chi connectivity index (χ0v) is 13.9. The Labute approximate surface area is 131 Å². The lowest BCUT2D eigenvalue weighted by Gasteiger charge is -2.37. The molecule has 2 saturated carbocycles. The SMILES string of the molecule is CCCCCC1CCC(C2CCC(C=CC#N)CC2)CC1. The van der Waals surface area contributed by atoms with Crippen LogP contribution in [0, 0.1) is 35.0 Å². The lowest BCUT2D eigenvalue weighted by Crippen LogP contribution is -2.25. The maximum Gasteiger partial charge on any atom is 0.0908 e. The summed E-state index contributed by atoms with van der Waals surface area (Å²) >= 11 is 0. The first-order valence-electron chi connectivity index (χ1n) is 9.39. The van der Waals surface area contributed by atoms with Gasteiger partial charge in [0.1, 0.15) is 0 Å². The third-order valence-electron chi connectivity index (χ3n) is 6.03. The number of hydrogen-bond acceptors (Lipinski definition) is 1. The van der Waals surface area contributed by atoms with Crippen molar-refractivity contribution in [2.45, 2.75) is 84.0 Å². The average molecular weight is 287 g/mol. The van der Waals surface area contributed by atoms with Crippen LogP contribution in [0.25, 0.3) is 0 Å². The Hall–Kier alpha value is -0.770. The Balaban J connectivity index is 1.65. The molecule has 0 radical (unpaired) electrons. The number of nitrogens with zero attached hydrogens (tertiary/aromatic N) is 1. The quantitative estimate of drug-likeness (QED) is 0.418. The first kappa shape index (κ1) is 16.6. The fourth-order valence-electron chi connectivity index (χ4n) is 4.62. The van der Waals surface area contributed by atoms with Gasteiger partial charge in [-0.2, -0.15) is 5.26 Å². The molecule has 0 N–H and O–H groups in total. The molecule has 2 fully saturated rings. The number of nitriles is 1. The first-order chi connectivity index (χ1) is 10.3. The Morgan fingerprint density at radius 2 is 1.52 bits per heavy atom. The van der Waals surface area contributed by atoms with Crippen LogP contribution in [0.5, 0.6) is 0 Å². The molecule has 0 saturated heterocycles. The van der Waals surface area contributed by atoms with Crippen LogP contribution in [0.3, 0.4) is 0 Å². The van der Waals surface area contributed by atoms with Crippen molar-refractivity contribution in [2.24, 2.45) is 23.7 Å². The third kappa shape index (κ3) is 5.50. The minimum atomic E-state index is 0.686. The Kier molecular flexibility index (Phi) is 7.34. The zero-order valence-electron chi connectivity index (χ0n) is 13.9. The predicted molar refractivity (Wildman–Crippen MR) is 89.8 cm³/mol. The summed E-state index contributed by atoms with van der Waals surface area (Å²) in [7, 11) is 0. The number of allylic oxidation sites excluding steroid dienone is 2. The molecule has 0 spiro atoms. The molecule has 0 aromatic heterocycles. The summed E-state index contributed by atoms with van der Waals surface area (Å²) in [5.41, 5.74) is 0. The third-order valence-corrected chi connectivity index (χ3v) is 6.03. The second-order valence-corrected chi connectivity index (χ2v) is 7.44. The van der Waals surface area contributed by atoms with Gasteiger partial charge in [0.15, 0.2) is 0 Å². The van der Waals surface area contributed by atoms with Crippen LogP contribution in [-0.2, 0) is 0 Å². The second kappa shape index (κ2) is 9.29. The molecule has 0 aromatic carbocycles. The predicted octanol–water partition coefficient (Wildman–Crippen LogP) is 6.26. The van der Waals surface area contributed by atoms with Gasteiger partial charge in [-0.15, -0.1) is 0 Å². The van der Waals surface area contributed by atoms with Crippen molar-refractivity contribution in [1.82, 2.24) is 0 Å². The zero-order chi connectivity index (χ0) is 14.9. The lowest BCUT2D eigenvalue weighted by molar-refractivity contribution is 0.151. The fourth-order valence-corrected chi connectivity index (χ4v) is 4.62. The van der Waals surface area contributed by atoms with Crippen LogP contribution >= 0.6 is 0 Å². The van der Waals surface area contributed by atoms with Crippen molar-refractivity contribution in [2.75, 3.05) is 0 Å². The van der Waals surface area contributed by atoms with Gasteiger partial charge in [-0.3, -0.25) is 0 Å². The highest BCUT2D eigenvalue weighted by molar-refractivity contribution is 5.04. The molecule has 0 heterocycles. The maximum absolute atomic E-state index is 8.62. The molecule has 118 valence electrons. The molecule has 1 nitrogen and oxygen atoms in total. The number of unbranched alkanes of at least 4 members (excludes halogenated alkanes) is 2. The van der Waals surface area contributed by atoms with Crippen LogP contribution in [0.2, 0.25) is 0 Å². The van der Waals surface area contributed by atoms with Crippen LogP contribution in [0.1, 0.15) is 84.0 Å². The summed E-state index contributed by atoms with van der Waals surface area (Å²) in [4.78, 5) is 0. The van der Waals surface area contributed by atoms with Gasteiger partial charge in [0.2, 0.25) is 0 Å². The van der Waals surface area contributed by atoms with Crippen LogP contribution in [-0.4, -0.2) is 0 Å². The van der Waals surface area contributed by atoms with Crippen LogP contribution in [0.4, 0.5) is 0 Å². The number of rotatable bonds is 6. The standard InChI is InChI=1S/C20H33N/c1-2-3-4-6-17-8-12-19(13-9-17)20-14-10-18(11-15-20)7-5-16-21/h5,7,17-20H,2-4,6,8-15H2,1H3. The highest BCUT2D eigenvalue weighted by atomic mass is 14.4. The summed E-state index contributed by atoms with van der Waals surface area (Å²) < 4.78 is 0. The largest absolute Gasteiger partial charge is 0.193 e. The summed E-state index contributed by atoms with van der Waals surface area (Å²) in [6.45, 7) is 2.30. The maximum atomic E-state index is 8.62. The molecule has 2 rings (SSSR count). The van der Waals surface area contributed by atoms with E-state index < -0.39 is 0 Å². The van der Waals surface area contributed by atoms with E-state index in [4.69, 9.17) is 5.26 Å². The molecule has 0 aromatic rings. The highest BCUT2D eigenvalue weighted by Crippen LogP contribution is 2.42. The van der Waals surface area contributed by atoms with E-state index in [1.165, 1.54) is 77.0 Å². The smallest absolute Gasteiger partial charge is 0.0908 e. The van der Waals surface area contributed by atoms with E-state index in [2.05, 4.69) is 19.1 Å². The topological polar surface area (TPSA) is 23.8 Å². The molecular formula is C20H33N. The lowest BCUT2D eigenvalue weighted by atomic mass is 9.68. The molecule has 1 heteroatoms. The van der Waals surface area contributed by atoms with Gasteiger partial charge in [-0.1, -0.05) is 51.5 Å². The molecule has 21 heavy (non-hydrogen) atoms. The van der Waals surface area contributed by atoms with Crippen molar-refractivity contribution >= 4 is 0 Å². The molecule has 0 atom stereocenters. The minimum Gasteiger partial charge on any atom is -0.193 e. The Morgan fingerprint density at radius 1 is 0.905 bits per heavy atom. The van der Waals surface area contributed by atoms with Crippen molar-refractivity contribution in [3.63, 3.8) is 0 Å². The van der Waals surface area contributed by atoms with E-state index in [1.54, 1.807) is 6.08 Å². The van der Waals surface area contributed by atoms with E-state index in [0.29, 0.717) is 5.92 Å². The van der Waals surface area contributed by atoms with Crippen LogP contribution in [0.15, 0.2) is 12.2 Å². The summed E-state index contributed by atoms with van der Waals surface area (Å²) in [6.07, 6.45) is 21.0. The monoisotopic (exact) mass is 287 g/mol. The molecule has 0 unspecified atom stereocenters. The Morgan fingerprint density at radius 3 is 2.10 bits per heavy atom. The van der Waals surface area contributed by atoms with E-state index in [9.17, 15) is 0 Å². The summed E-state index contributed by atoms with van der Waals surface area (Å²) in [5.74, 6) is 3.75. The molecule has 0 bridgehead atoms. The van der Waals surface area contributed by atoms with Gasteiger partial charge in [-0.05, 0) is 62.2 Å². The van der Waals surface area contributed by atoms with Crippen molar-refractivity contribution in [3.05, 3.63) is 12.2 Å². The molecule has 0 amide bonds. The fraction of sp³-hybridized carbons (Fsp3) is 0.850. The molecular weight excluding hydrogens is 254 g/mol. The van der Waals surface area contributed by atoms with Crippen molar-refractivity contribution < 1.29 is 0 Å². The van der Waals surface area contributed by atoms with E-state index in [1.807, 2.05) is 0 Å². The molecule has 2 aliphatic carbocycles. The van der Waals surface area contributed by atoms with Crippen molar-refractivity contribution in [3.8, 4) is 6.07 Å². The first-order valence-corrected chi connectivity index (χ1v) is 9.39. The van der Waals surface area contributed by atoms with Gasteiger partial charge in [0.25, 0.3) is 0 Å². The van der Waals surface area contributed by atoms with Gasteiger partial charge in [0.05, 0.1) is 6.07 Å². The normalized spacial score (nSPS) is 33.9. The van der Waals surface area contributed by atoms with Gasteiger partial charge >= 0.3 is 0 Å². The van der Waals surface area contributed by atoms with E-state index in [0.717, 1.165) is 17.8 Å². The van der Waals surface area contributed by atoms with Gasteiger partial charge < -0.3 is 0 Å². The summed E-state index contributed by atoms with van der Waals surface area (Å²) in [5, 5.41) is 8.62. The van der Waals surface area contributed by atoms with E-state index in [-0.39, 0.29) is 0 Å². The minimum absolute atomic E-state index is 0.686. The highest BCUT2D eigenvalue weighted by Gasteiger charge is 2.30. The van der Waals surface area contributed by atoms with Gasteiger partial charge in [-0.25, -0.2) is 0 Å². The van der Waals surface area contributed by atoms with Crippen molar-refractivity contribution in [1.29, 1.82) is 5.26 Å². The average Bonchev–Trinajstić information content (AvgIpc) is 2.54. The number of hydrogen-bond donors (Lipinski definition) is 0. The Bertz CT molecular complexity index is 335. The van der Waals surface area contributed by atoms with Gasteiger partial charge in [0, 0.05) is 6.08 Å². The molecule has 2 aliphatic rings. The summed E-state index contributed by atoms with van der Waals surface area (Å²) in [6, 6.07) is 2.13. The molecule has 0 aliphatic heterocycles. The van der Waals surface area contributed by atoms with E-state index >= 15 is 0 Å². The second-order valence-electron chi connectivity index (χ2n) is 7.44.